The summed E-state index contributed by atoms with van der Waals surface area (Å²) in [5, 5.41) is 11.2. The van der Waals surface area contributed by atoms with E-state index in [2.05, 4.69) is 4.98 Å². The Hall–Kier alpha value is -2.31. The number of benzene rings is 2. The van der Waals surface area contributed by atoms with Gasteiger partial charge in [0, 0.05) is 59.9 Å². The maximum absolute atomic E-state index is 14.3. The number of halogens is 6. The van der Waals surface area contributed by atoms with Gasteiger partial charge >= 0.3 is 11.9 Å². The molecule has 0 aliphatic carbocycles. The molecule has 0 spiro atoms. The van der Waals surface area contributed by atoms with Gasteiger partial charge in [-0.2, -0.15) is 18.2 Å². The molecule has 38 heavy (non-hydrogen) atoms. The quantitative estimate of drug-likeness (QED) is 0.318. The van der Waals surface area contributed by atoms with Crippen LogP contribution in [-0.4, -0.2) is 63.4 Å². The SMILES string of the molecule is C[C@H]1CN(C(O)/C=C/C(F)(F)F)CCN1c1nc(=O)n2c3c(c(-c4ccc(Cl)c(F)c4)c(Cl)cc13)SCC2. The molecule has 3 aromatic rings. The second-order valence-electron chi connectivity index (χ2n) is 9.16. The lowest BCUT2D eigenvalue weighted by atomic mass is 10.0. The molecule has 2 aliphatic heterocycles. The van der Waals surface area contributed by atoms with E-state index in [4.69, 9.17) is 23.2 Å². The number of piperazine rings is 1. The Bertz CT molecular complexity index is 1500. The van der Waals surface area contributed by atoms with Crippen LogP contribution in [0.2, 0.25) is 10.0 Å². The van der Waals surface area contributed by atoms with E-state index in [0.29, 0.717) is 57.8 Å². The zero-order chi connectivity index (χ0) is 27.4. The Kier molecular flexibility index (Phi) is 7.42. The second-order valence-corrected chi connectivity index (χ2v) is 11.1. The summed E-state index contributed by atoms with van der Waals surface area (Å²) >= 11 is 14.2. The molecule has 1 fully saturated rings. The number of aliphatic hydroxyl groups excluding tert-OH is 1. The highest BCUT2D eigenvalue weighted by Crippen LogP contribution is 2.46. The zero-order valence-corrected chi connectivity index (χ0v) is 22.3. The monoisotopic (exact) mass is 588 g/mol. The molecule has 0 saturated carbocycles. The van der Waals surface area contributed by atoms with Crippen LogP contribution < -0.4 is 10.6 Å². The minimum absolute atomic E-state index is 0.0116. The third-order valence-electron chi connectivity index (χ3n) is 6.68. The van der Waals surface area contributed by atoms with Crippen molar-refractivity contribution in [3.63, 3.8) is 0 Å². The van der Waals surface area contributed by atoms with Gasteiger partial charge in [0.1, 0.15) is 17.9 Å². The summed E-state index contributed by atoms with van der Waals surface area (Å²) in [5.41, 5.74) is 1.34. The Balaban J connectivity index is 1.57. The van der Waals surface area contributed by atoms with Gasteiger partial charge in [-0.05, 0) is 36.8 Å². The third kappa shape index (κ3) is 5.14. The number of anilines is 1. The topological polar surface area (TPSA) is 61.6 Å². The molecule has 1 unspecified atom stereocenters. The molecule has 202 valence electrons. The lowest BCUT2D eigenvalue weighted by Gasteiger charge is -2.42. The Morgan fingerprint density at radius 2 is 1.95 bits per heavy atom. The highest BCUT2D eigenvalue weighted by molar-refractivity contribution is 7.99. The van der Waals surface area contributed by atoms with Gasteiger partial charge in [0.15, 0.2) is 0 Å². The highest BCUT2D eigenvalue weighted by Gasteiger charge is 2.32. The van der Waals surface area contributed by atoms with Gasteiger partial charge < -0.3 is 10.0 Å². The molecule has 2 atom stereocenters. The zero-order valence-electron chi connectivity index (χ0n) is 20.0. The fraction of sp³-hybridized carbons (Fsp3) is 0.360. The Labute approximate surface area is 229 Å². The van der Waals surface area contributed by atoms with E-state index in [1.165, 1.54) is 28.8 Å². The molecule has 1 N–H and O–H groups in total. The van der Waals surface area contributed by atoms with Crippen molar-refractivity contribution in [2.45, 2.75) is 36.8 Å². The van der Waals surface area contributed by atoms with Crippen molar-refractivity contribution in [1.82, 2.24) is 14.5 Å². The van der Waals surface area contributed by atoms with E-state index in [1.54, 1.807) is 16.7 Å². The van der Waals surface area contributed by atoms with Gasteiger partial charge in [0.2, 0.25) is 0 Å². The molecular formula is C25H22Cl2F4N4O2S. The second kappa shape index (κ2) is 10.3. The van der Waals surface area contributed by atoms with Gasteiger partial charge in [0.05, 0.1) is 15.6 Å². The van der Waals surface area contributed by atoms with Crippen molar-refractivity contribution >= 4 is 51.7 Å². The molecule has 0 amide bonds. The number of allylic oxidation sites excluding steroid dienone is 1. The molecule has 6 nitrogen and oxygen atoms in total. The van der Waals surface area contributed by atoms with Gasteiger partial charge in [-0.3, -0.25) is 9.47 Å². The lowest BCUT2D eigenvalue weighted by Crippen LogP contribution is -2.55. The molecule has 2 aromatic carbocycles. The average molecular weight is 589 g/mol. The van der Waals surface area contributed by atoms with Crippen LogP contribution in [-0.2, 0) is 6.54 Å². The van der Waals surface area contributed by atoms with Crippen molar-refractivity contribution in [3.8, 4) is 11.1 Å². The first-order valence-corrected chi connectivity index (χ1v) is 13.5. The first kappa shape index (κ1) is 27.3. The van der Waals surface area contributed by atoms with Crippen LogP contribution in [0, 0.1) is 5.82 Å². The molecule has 1 saturated heterocycles. The van der Waals surface area contributed by atoms with Crippen molar-refractivity contribution in [2.24, 2.45) is 0 Å². The summed E-state index contributed by atoms with van der Waals surface area (Å²) in [6.07, 6.45) is -5.18. The summed E-state index contributed by atoms with van der Waals surface area (Å²) < 4.78 is 53.5. The molecule has 13 heteroatoms. The first-order chi connectivity index (χ1) is 17.9. The Morgan fingerprint density at radius 1 is 1.18 bits per heavy atom. The van der Waals surface area contributed by atoms with Crippen molar-refractivity contribution in [3.05, 3.63) is 62.8 Å². The van der Waals surface area contributed by atoms with Gasteiger partial charge in [-0.25, -0.2) is 9.18 Å². The number of aryl methyl sites for hydroxylation is 1. The normalized spacial score (nSPS) is 19.5. The van der Waals surface area contributed by atoms with Crippen LogP contribution in [0.25, 0.3) is 22.0 Å². The number of aromatic nitrogens is 2. The Morgan fingerprint density at radius 3 is 2.63 bits per heavy atom. The molecule has 0 radical (unpaired) electrons. The van der Waals surface area contributed by atoms with Crippen molar-refractivity contribution in [1.29, 1.82) is 0 Å². The number of alkyl halides is 3. The number of aliphatic hydroxyl groups is 1. The van der Waals surface area contributed by atoms with E-state index in [1.807, 2.05) is 11.8 Å². The maximum atomic E-state index is 14.3. The number of hydrogen-bond acceptors (Lipinski definition) is 6. The lowest BCUT2D eigenvalue weighted by molar-refractivity contribution is -0.0817. The van der Waals surface area contributed by atoms with Crippen LogP contribution in [0.1, 0.15) is 6.92 Å². The van der Waals surface area contributed by atoms with Crippen molar-refractivity contribution < 1.29 is 22.7 Å². The van der Waals surface area contributed by atoms with E-state index in [0.717, 1.165) is 4.90 Å². The molecule has 2 aliphatic rings. The summed E-state index contributed by atoms with van der Waals surface area (Å²) in [7, 11) is 0. The van der Waals surface area contributed by atoms with E-state index in [-0.39, 0.29) is 30.2 Å². The van der Waals surface area contributed by atoms with Crippen LogP contribution in [0.4, 0.5) is 23.4 Å². The third-order valence-corrected chi connectivity index (χ3v) is 8.36. The summed E-state index contributed by atoms with van der Waals surface area (Å²) in [6, 6.07) is 5.87. The summed E-state index contributed by atoms with van der Waals surface area (Å²) in [4.78, 5) is 21.7. The smallest absolute Gasteiger partial charge is 0.375 e. The van der Waals surface area contributed by atoms with Gasteiger partial charge in [-0.15, -0.1) is 11.8 Å². The van der Waals surface area contributed by atoms with Crippen LogP contribution in [0.5, 0.6) is 0 Å². The molecule has 3 heterocycles. The highest BCUT2D eigenvalue weighted by atomic mass is 35.5. The average Bonchev–Trinajstić information content (AvgIpc) is 2.86. The minimum atomic E-state index is -4.52. The largest absolute Gasteiger partial charge is 0.409 e. The fourth-order valence-corrected chi connectivity index (χ4v) is 6.64. The number of hydrogen-bond donors (Lipinski definition) is 1. The van der Waals surface area contributed by atoms with E-state index in [9.17, 15) is 27.5 Å². The molecule has 5 rings (SSSR count). The van der Waals surface area contributed by atoms with Gasteiger partial charge in [0.25, 0.3) is 0 Å². The summed E-state index contributed by atoms with van der Waals surface area (Å²) in [5.74, 6) is 0.429. The van der Waals surface area contributed by atoms with Crippen LogP contribution in [0.3, 0.4) is 0 Å². The number of thioether (sulfide) groups is 1. The predicted molar refractivity (Wildman–Crippen MR) is 142 cm³/mol. The number of nitrogens with zero attached hydrogens (tertiary/aromatic N) is 4. The summed E-state index contributed by atoms with van der Waals surface area (Å²) in [6.45, 7) is 3.09. The predicted octanol–water partition coefficient (Wildman–Crippen LogP) is 5.56. The minimum Gasteiger partial charge on any atom is -0.375 e. The molecule has 0 bridgehead atoms. The van der Waals surface area contributed by atoms with E-state index < -0.39 is 23.9 Å². The van der Waals surface area contributed by atoms with E-state index >= 15 is 0 Å². The molecular weight excluding hydrogens is 567 g/mol. The maximum Gasteiger partial charge on any atom is 0.409 e. The van der Waals surface area contributed by atoms with Crippen LogP contribution >= 0.6 is 35.0 Å². The van der Waals surface area contributed by atoms with Crippen molar-refractivity contribution in [2.75, 3.05) is 30.3 Å². The first-order valence-electron chi connectivity index (χ1n) is 11.7. The van der Waals surface area contributed by atoms with Gasteiger partial charge in [-0.1, -0.05) is 29.3 Å². The standard InChI is InChI=1S/C25H22Cl2F4N4O2S/c1-13-12-33(19(36)4-5-25(29,30)31)6-7-34(13)23-15-11-17(27)20(14-2-3-16(26)18(28)10-14)22-21(15)35(8-9-38-22)24(37)32-23/h2-5,10-11,13,19,36H,6-9,12H2,1H3/b5-4+/t13-,19?/m0/s1. The molecule has 1 aromatic heterocycles. The van der Waals surface area contributed by atoms with Crippen LogP contribution in [0.15, 0.2) is 46.1 Å². The fourth-order valence-electron chi connectivity index (χ4n) is 4.95. The number of rotatable bonds is 4.